The molecule has 0 saturated carbocycles. The minimum absolute atomic E-state index is 0.266. The van der Waals surface area contributed by atoms with Crippen LogP contribution in [0.4, 0.5) is 26.3 Å². The number of aliphatic hydroxyl groups is 1. The molecule has 0 bridgehead atoms. The van der Waals surface area contributed by atoms with Crippen molar-refractivity contribution in [3.8, 4) is 0 Å². The molecule has 1 fully saturated rings. The van der Waals surface area contributed by atoms with Crippen LogP contribution in [-0.2, 0) is 0 Å². The third-order valence-electron chi connectivity index (χ3n) is 4.05. The van der Waals surface area contributed by atoms with Crippen molar-refractivity contribution < 1.29 is 31.4 Å². The summed E-state index contributed by atoms with van der Waals surface area (Å²) < 4.78 is 77.6. The van der Waals surface area contributed by atoms with Gasteiger partial charge in [0, 0.05) is 13.1 Å². The molecule has 1 aromatic rings. The quantitative estimate of drug-likeness (QED) is 0.859. The van der Waals surface area contributed by atoms with Gasteiger partial charge in [-0.1, -0.05) is 30.3 Å². The molecule has 1 aliphatic heterocycles. The normalized spacial score (nSPS) is 21.0. The minimum Gasteiger partial charge on any atom is -0.387 e. The van der Waals surface area contributed by atoms with Crippen LogP contribution >= 0.6 is 0 Å². The molecule has 0 spiro atoms. The topological polar surface area (TPSA) is 23.5 Å². The highest BCUT2D eigenvalue weighted by Crippen LogP contribution is 2.55. The van der Waals surface area contributed by atoms with Crippen molar-refractivity contribution in [3.63, 3.8) is 0 Å². The number of benzene rings is 1. The van der Waals surface area contributed by atoms with E-state index in [1.807, 2.05) is 0 Å². The fourth-order valence-electron chi connectivity index (χ4n) is 2.69. The Kier molecular flexibility index (Phi) is 4.45. The van der Waals surface area contributed by atoms with Gasteiger partial charge >= 0.3 is 12.4 Å². The number of likely N-dealkylation sites (tertiary alicyclic amines) is 1. The SMILES string of the molecule is OC(CN1CCC(C(F)(F)F)(C(F)(F)F)C1)c1ccccc1. The third kappa shape index (κ3) is 3.08. The van der Waals surface area contributed by atoms with Crippen LogP contribution in [0.1, 0.15) is 18.1 Å². The third-order valence-corrected chi connectivity index (χ3v) is 4.05. The smallest absolute Gasteiger partial charge is 0.387 e. The van der Waals surface area contributed by atoms with Gasteiger partial charge < -0.3 is 5.11 Å². The summed E-state index contributed by atoms with van der Waals surface area (Å²) in [5.41, 5.74) is -3.25. The van der Waals surface area contributed by atoms with E-state index in [1.165, 1.54) is 0 Å². The highest BCUT2D eigenvalue weighted by molar-refractivity contribution is 5.17. The molecule has 8 heteroatoms. The lowest BCUT2D eigenvalue weighted by Gasteiger charge is -2.34. The Morgan fingerprint density at radius 1 is 1.05 bits per heavy atom. The highest BCUT2D eigenvalue weighted by atomic mass is 19.4. The van der Waals surface area contributed by atoms with Crippen molar-refractivity contribution in [3.05, 3.63) is 35.9 Å². The lowest BCUT2D eigenvalue weighted by Crippen LogP contribution is -2.51. The van der Waals surface area contributed by atoms with Gasteiger partial charge in [0.05, 0.1) is 6.10 Å². The Morgan fingerprint density at radius 2 is 1.59 bits per heavy atom. The monoisotopic (exact) mass is 327 g/mol. The molecule has 1 aliphatic rings. The molecule has 0 aromatic heterocycles. The molecule has 1 heterocycles. The van der Waals surface area contributed by atoms with Gasteiger partial charge in [-0.3, -0.25) is 4.90 Å². The molecule has 1 atom stereocenters. The van der Waals surface area contributed by atoms with E-state index in [0.29, 0.717) is 5.56 Å². The molecule has 2 rings (SSSR count). The van der Waals surface area contributed by atoms with Gasteiger partial charge in [-0.2, -0.15) is 26.3 Å². The maximum Gasteiger partial charge on any atom is 0.404 e. The maximum absolute atomic E-state index is 12.9. The van der Waals surface area contributed by atoms with Gasteiger partial charge in [0.1, 0.15) is 0 Å². The van der Waals surface area contributed by atoms with E-state index in [2.05, 4.69) is 0 Å². The van der Waals surface area contributed by atoms with E-state index in [0.717, 1.165) is 4.90 Å². The number of rotatable bonds is 3. The highest BCUT2D eigenvalue weighted by Gasteiger charge is 2.72. The molecule has 1 aromatic carbocycles. The minimum atomic E-state index is -5.36. The zero-order valence-electron chi connectivity index (χ0n) is 11.5. The molecule has 22 heavy (non-hydrogen) atoms. The van der Waals surface area contributed by atoms with Crippen LogP contribution in [0.2, 0.25) is 0 Å². The van der Waals surface area contributed by atoms with Crippen LogP contribution in [-0.4, -0.2) is 42.0 Å². The summed E-state index contributed by atoms with van der Waals surface area (Å²) in [6, 6.07) is 8.12. The van der Waals surface area contributed by atoms with Gasteiger partial charge in [0.2, 0.25) is 0 Å². The van der Waals surface area contributed by atoms with Crippen LogP contribution in [0.25, 0.3) is 0 Å². The Bertz CT molecular complexity index is 484. The summed E-state index contributed by atoms with van der Waals surface area (Å²) in [5, 5.41) is 9.95. The summed E-state index contributed by atoms with van der Waals surface area (Å²) in [5.74, 6) is 0. The predicted molar refractivity (Wildman–Crippen MR) is 67.0 cm³/mol. The van der Waals surface area contributed by atoms with Gasteiger partial charge in [-0.15, -0.1) is 0 Å². The van der Waals surface area contributed by atoms with Gasteiger partial charge in [-0.25, -0.2) is 0 Å². The van der Waals surface area contributed by atoms with Crippen molar-refractivity contribution in [2.75, 3.05) is 19.6 Å². The van der Waals surface area contributed by atoms with Crippen molar-refractivity contribution in [2.24, 2.45) is 5.41 Å². The largest absolute Gasteiger partial charge is 0.404 e. The molecule has 2 nitrogen and oxygen atoms in total. The second kappa shape index (κ2) is 5.73. The molecule has 124 valence electrons. The number of halogens is 6. The molecule has 0 amide bonds. The van der Waals surface area contributed by atoms with E-state index in [9.17, 15) is 31.4 Å². The van der Waals surface area contributed by atoms with E-state index in [1.54, 1.807) is 30.3 Å². The first-order valence-electron chi connectivity index (χ1n) is 6.66. The lowest BCUT2D eigenvalue weighted by atomic mass is 9.85. The predicted octanol–water partition coefficient (Wildman–Crippen LogP) is 3.54. The van der Waals surface area contributed by atoms with Gasteiger partial charge in [0.25, 0.3) is 0 Å². The standard InChI is InChI=1S/C14H15F6NO/c15-13(16,17)12(14(18,19)20)6-7-21(9-12)8-11(22)10-4-2-1-3-5-10/h1-5,11,22H,6-9H2. The van der Waals surface area contributed by atoms with E-state index < -0.39 is 36.8 Å². The molecule has 0 radical (unpaired) electrons. The molecular formula is C14H15F6NO. The number of hydrogen-bond donors (Lipinski definition) is 1. The fourth-order valence-corrected chi connectivity index (χ4v) is 2.69. The summed E-state index contributed by atoms with van der Waals surface area (Å²) in [4.78, 5) is 1.01. The summed E-state index contributed by atoms with van der Waals surface area (Å²) in [7, 11) is 0. The van der Waals surface area contributed by atoms with Crippen LogP contribution in [0.15, 0.2) is 30.3 Å². The summed E-state index contributed by atoms with van der Waals surface area (Å²) in [6.45, 7) is -1.80. The second-order valence-corrected chi connectivity index (χ2v) is 5.49. The van der Waals surface area contributed by atoms with Gasteiger partial charge in [-0.05, 0) is 18.5 Å². The van der Waals surface area contributed by atoms with Crippen molar-refractivity contribution in [1.29, 1.82) is 0 Å². The molecular weight excluding hydrogens is 312 g/mol. The first-order chi connectivity index (χ1) is 10.1. The zero-order valence-corrected chi connectivity index (χ0v) is 11.5. The Hall–Kier alpha value is -1.28. The summed E-state index contributed by atoms with van der Waals surface area (Å²) >= 11 is 0. The van der Waals surface area contributed by atoms with Crippen molar-refractivity contribution in [2.45, 2.75) is 24.9 Å². The average molecular weight is 327 g/mol. The molecule has 0 aliphatic carbocycles. The van der Waals surface area contributed by atoms with Crippen LogP contribution in [0.3, 0.4) is 0 Å². The number of aliphatic hydroxyl groups excluding tert-OH is 1. The maximum atomic E-state index is 12.9. The van der Waals surface area contributed by atoms with Crippen LogP contribution in [0, 0.1) is 5.41 Å². The van der Waals surface area contributed by atoms with E-state index >= 15 is 0 Å². The number of hydrogen-bond acceptors (Lipinski definition) is 2. The second-order valence-electron chi connectivity index (χ2n) is 5.49. The van der Waals surface area contributed by atoms with Crippen LogP contribution < -0.4 is 0 Å². The van der Waals surface area contributed by atoms with Crippen molar-refractivity contribution in [1.82, 2.24) is 4.90 Å². The molecule has 1 unspecified atom stereocenters. The van der Waals surface area contributed by atoms with E-state index in [-0.39, 0.29) is 13.1 Å². The zero-order chi connectivity index (χ0) is 16.6. The first-order valence-corrected chi connectivity index (χ1v) is 6.66. The summed E-state index contributed by atoms with van der Waals surface area (Å²) in [6.07, 6.45) is -12.9. The fraction of sp³-hybridized carbons (Fsp3) is 0.571. The lowest BCUT2D eigenvalue weighted by molar-refractivity contribution is -0.335. The van der Waals surface area contributed by atoms with E-state index in [4.69, 9.17) is 0 Å². The molecule has 1 saturated heterocycles. The number of nitrogens with zero attached hydrogens (tertiary/aromatic N) is 1. The number of alkyl halides is 6. The molecule has 1 N–H and O–H groups in total. The Labute approximate surface area is 123 Å². The average Bonchev–Trinajstić information content (AvgIpc) is 2.84. The Morgan fingerprint density at radius 3 is 2.05 bits per heavy atom. The van der Waals surface area contributed by atoms with Gasteiger partial charge in [0.15, 0.2) is 5.41 Å². The number of β-amino-alcohol motifs (C(OH)–C–C–N with tert-alkyl or cyclic N) is 1. The van der Waals surface area contributed by atoms with Crippen LogP contribution in [0.5, 0.6) is 0 Å². The Balaban J connectivity index is 2.11. The van der Waals surface area contributed by atoms with Crippen molar-refractivity contribution >= 4 is 0 Å². The first kappa shape index (κ1) is 17.1.